The van der Waals surface area contributed by atoms with Crippen LogP contribution in [-0.4, -0.2) is 43.1 Å². The Balaban J connectivity index is 1.56. The third-order valence-corrected chi connectivity index (χ3v) is 7.47. The number of benzene rings is 2. The Kier molecular flexibility index (Phi) is 6.14. The summed E-state index contributed by atoms with van der Waals surface area (Å²) >= 11 is 0. The first-order chi connectivity index (χ1) is 15.5. The molecule has 0 bridgehead atoms. The Morgan fingerprint density at radius 3 is 2.36 bits per heavy atom. The first-order valence-electron chi connectivity index (χ1n) is 10.9. The van der Waals surface area contributed by atoms with Crippen LogP contribution in [0.25, 0.3) is 10.9 Å². The van der Waals surface area contributed by atoms with Gasteiger partial charge in [-0.05, 0) is 75.4 Å². The number of nitrogens with zero attached hydrogens (tertiary/aromatic N) is 2. The molecular weight excluding hydrogens is 443 g/mol. The Labute approximate surface area is 193 Å². The Bertz CT molecular complexity index is 1280. The van der Waals surface area contributed by atoms with Gasteiger partial charge < -0.3 is 9.64 Å². The number of amides is 1. The molecule has 0 aliphatic carbocycles. The number of hydrogen-bond donors (Lipinski definition) is 0. The number of ether oxygens (including phenoxy) is 1. The van der Waals surface area contributed by atoms with Gasteiger partial charge in [0.05, 0.1) is 15.3 Å². The fourth-order valence-corrected chi connectivity index (χ4v) is 5.33. The molecule has 33 heavy (non-hydrogen) atoms. The molecule has 1 amide bonds. The standard InChI is InChI=1S/C25H27FN2O4S/c1-25(2,3)32-24(29)28-13-11-17(12-14-28)22-6-4-5-18-15-21(16-27-23(18)22)33(30,31)20-9-7-19(26)8-10-20/h4-10,15-17H,11-14H2,1-3H3. The summed E-state index contributed by atoms with van der Waals surface area (Å²) in [6, 6.07) is 12.1. The van der Waals surface area contributed by atoms with Gasteiger partial charge in [-0.2, -0.15) is 0 Å². The minimum Gasteiger partial charge on any atom is -0.444 e. The average molecular weight is 471 g/mol. The van der Waals surface area contributed by atoms with Gasteiger partial charge >= 0.3 is 6.09 Å². The maximum absolute atomic E-state index is 13.2. The molecule has 8 heteroatoms. The minimum atomic E-state index is -3.80. The zero-order valence-corrected chi connectivity index (χ0v) is 19.7. The third kappa shape index (κ3) is 5.00. The van der Waals surface area contributed by atoms with Crippen LogP contribution in [0.2, 0.25) is 0 Å². The molecule has 1 aromatic heterocycles. The second-order valence-electron chi connectivity index (χ2n) is 9.29. The van der Waals surface area contributed by atoms with Gasteiger partial charge in [0.1, 0.15) is 11.4 Å². The molecule has 0 saturated carbocycles. The summed E-state index contributed by atoms with van der Waals surface area (Å²) in [6.07, 6.45) is 2.61. The number of sulfone groups is 1. The lowest BCUT2D eigenvalue weighted by Crippen LogP contribution is -2.41. The molecule has 6 nitrogen and oxygen atoms in total. The monoisotopic (exact) mass is 470 g/mol. The van der Waals surface area contributed by atoms with Gasteiger partial charge in [0, 0.05) is 24.7 Å². The maximum Gasteiger partial charge on any atom is 0.410 e. The molecular formula is C25H27FN2O4S. The van der Waals surface area contributed by atoms with E-state index in [0.29, 0.717) is 13.1 Å². The number of fused-ring (bicyclic) bond motifs is 1. The van der Waals surface area contributed by atoms with Crippen molar-refractivity contribution in [3.8, 4) is 0 Å². The largest absolute Gasteiger partial charge is 0.444 e. The highest BCUT2D eigenvalue weighted by Crippen LogP contribution is 2.34. The van der Waals surface area contributed by atoms with E-state index >= 15 is 0 Å². The van der Waals surface area contributed by atoms with Crippen LogP contribution in [0.5, 0.6) is 0 Å². The van der Waals surface area contributed by atoms with Crippen molar-refractivity contribution in [3.05, 3.63) is 66.1 Å². The lowest BCUT2D eigenvalue weighted by Gasteiger charge is -2.33. The number of halogens is 1. The molecule has 2 aromatic carbocycles. The summed E-state index contributed by atoms with van der Waals surface area (Å²) < 4.78 is 44.6. The van der Waals surface area contributed by atoms with Crippen molar-refractivity contribution in [2.75, 3.05) is 13.1 Å². The van der Waals surface area contributed by atoms with E-state index in [4.69, 9.17) is 4.74 Å². The van der Waals surface area contributed by atoms with Crippen molar-refractivity contribution in [1.29, 1.82) is 0 Å². The summed E-state index contributed by atoms with van der Waals surface area (Å²) in [5, 5.41) is 0.727. The number of hydrogen-bond acceptors (Lipinski definition) is 5. The Morgan fingerprint density at radius 2 is 1.73 bits per heavy atom. The van der Waals surface area contributed by atoms with Gasteiger partial charge in [-0.25, -0.2) is 17.6 Å². The van der Waals surface area contributed by atoms with Gasteiger partial charge in [0.25, 0.3) is 0 Å². The highest BCUT2D eigenvalue weighted by atomic mass is 32.2. The van der Waals surface area contributed by atoms with Crippen LogP contribution in [-0.2, 0) is 14.6 Å². The van der Waals surface area contributed by atoms with E-state index in [1.54, 1.807) is 11.0 Å². The normalized spacial score (nSPS) is 15.6. The fourth-order valence-electron chi connectivity index (χ4n) is 4.09. The number of para-hydroxylation sites is 1. The van der Waals surface area contributed by atoms with Crippen molar-refractivity contribution < 1.29 is 22.3 Å². The number of pyridine rings is 1. The predicted molar refractivity (Wildman–Crippen MR) is 123 cm³/mol. The van der Waals surface area contributed by atoms with Crippen LogP contribution in [0, 0.1) is 5.82 Å². The summed E-state index contributed by atoms with van der Waals surface area (Å²) in [4.78, 5) is 18.7. The van der Waals surface area contributed by atoms with Crippen LogP contribution in [0.4, 0.5) is 9.18 Å². The topological polar surface area (TPSA) is 76.6 Å². The van der Waals surface area contributed by atoms with Crippen LogP contribution in [0.15, 0.2) is 64.5 Å². The SMILES string of the molecule is CC(C)(C)OC(=O)N1CCC(c2cccc3cc(S(=O)(=O)c4ccc(F)cc4)cnc23)CC1. The summed E-state index contributed by atoms with van der Waals surface area (Å²) in [5.74, 6) is -0.285. The Hall–Kier alpha value is -3.00. The van der Waals surface area contributed by atoms with E-state index < -0.39 is 21.3 Å². The fraction of sp³-hybridized carbons (Fsp3) is 0.360. The van der Waals surface area contributed by atoms with E-state index in [0.717, 1.165) is 41.4 Å². The van der Waals surface area contributed by atoms with Gasteiger partial charge in [-0.3, -0.25) is 4.98 Å². The zero-order chi connectivity index (χ0) is 23.8. The number of rotatable bonds is 3. The molecule has 1 fully saturated rings. The molecule has 3 aromatic rings. The van der Waals surface area contributed by atoms with E-state index in [1.807, 2.05) is 39.0 Å². The third-order valence-electron chi connectivity index (χ3n) is 5.74. The van der Waals surface area contributed by atoms with Gasteiger partial charge in [-0.1, -0.05) is 18.2 Å². The molecule has 0 N–H and O–H groups in total. The molecule has 0 spiro atoms. The molecule has 1 aliphatic rings. The molecule has 0 unspecified atom stereocenters. The molecule has 0 atom stereocenters. The van der Waals surface area contributed by atoms with Crippen LogP contribution < -0.4 is 0 Å². The van der Waals surface area contributed by atoms with E-state index in [2.05, 4.69) is 4.98 Å². The molecule has 1 aliphatic heterocycles. The molecule has 2 heterocycles. The summed E-state index contributed by atoms with van der Waals surface area (Å²) in [7, 11) is -3.80. The number of likely N-dealkylation sites (tertiary alicyclic amines) is 1. The highest BCUT2D eigenvalue weighted by Gasteiger charge is 2.28. The van der Waals surface area contributed by atoms with Crippen molar-refractivity contribution >= 4 is 26.8 Å². The lowest BCUT2D eigenvalue weighted by atomic mass is 9.88. The number of carbonyl (C=O) groups is 1. The second kappa shape index (κ2) is 8.74. The van der Waals surface area contributed by atoms with Crippen LogP contribution in [0.3, 0.4) is 0 Å². The van der Waals surface area contributed by atoms with Crippen LogP contribution >= 0.6 is 0 Å². The van der Waals surface area contributed by atoms with Crippen molar-refractivity contribution in [2.45, 2.75) is 54.9 Å². The van der Waals surface area contributed by atoms with Gasteiger partial charge in [0.15, 0.2) is 0 Å². The average Bonchev–Trinajstić information content (AvgIpc) is 2.77. The maximum atomic E-state index is 13.2. The van der Waals surface area contributed by atoms with E-state index in [-0.39, 0.29) is 21.8 Å². The van der Waals surface area contributed by atoms with Crippen molar-refractivity contribution in [2.24, 2.45) is 0 Å². The lowest BCUT2D eigenvalue weighted by molar-refractivity contribution is 0.0205. The number of piperidine rings is 1. The first kappa shape index (κ1) is 23.2. The summed E-state index contributed by atoms with van der Waals surface area (Å²) in [6.45, 7) is 6.73. The second-order valence-corrected chi connectivity index (χ2v) is 11.2. The van der Waals surface area contributed by atoms with E-state index in [1.165, 1.54) is 18.3 Å². The molecule has 174 valence electrons. The molecule has 0 radical (unpaired) electrons. The number of aromatic nitrogens is 1. The summed E-state index contributed by atoms with van der Waals surface area (Å²) in [5.41, 5.74) is 1.27. The van der Waals surface area contributed by atoms with Crippen molar-refractivity contribution in [1.82, 2.24) is 9.88 Å². The van der Waals surface area contributed by atoms with Crippen molar-refractivity contribution in [3.63, 3.8) is 0 Å². The van der Waals surface area contributed by atoms with E-state index in [9.17, 15) is 17.6 Å². The quantitative estimate of drug-likeness (QED) is 0.484. The molecule has 4 rings (SSSR count). The minimum absolute atomic E-state index is 0.0238. The zero-order valence-electron chi connectivity index (χ0n) is 18.9. The highest BCUT2D eigenvalue weighted by molar-refractivity contribution is 7.91. The molecule has 1 saturated heterocycles. The van der Waals surface area contributed by atoms with Gasteiger partial charge in [-0.15, -0.1) is 0 Å². The predicted octanol–water partition coefficient (Wildman–Crippen LogP) is 5.32. The smallest absolute Gasteiger partial charge is 0.410 e. The number of carbonyl (C=O) groups excluding carboxylic acids is 1. The van der Waals surface area contributed by atoms with Gasteiger partial charge in [0.2, 0.25) is 9.84 Å². The van der Waals surface area contributed by atoms with Crippen LogP contribution in [0.1, 0.15) is 45.1 Å². The first-order valence-corrected chi connectivity index (χ1v) is 12.4. The Morgan fingerprint density at radius 1 is 1.06 bits per heavy atom.